The normalized spacial score (nSPS) is 10.5. The van der Waals surface area contributed by atoms with Crippen LogP contribution in [0.1, 0.15) is 27.8 Å². The molecule has 0 saturated heterocycles. The second-order valence-corrected chi connectivity index (χ2v) is 6.69. The van der Waals surface area contributed by atoms with E-state index in [1.807, 2.05) is 13.0 Å². The third kappa shape index (κ3) is 4.98. The Morgan fingerprint density at radius 3 is 2.27 bits per heavy atom. The lowest BCUT2D eigenvalue weighted by molar-refractivity contribution is 0.0549. The quantitative estimate of drug-likeness (QED) is 0.339. The molecule has 0 fully saturated rings. The molecule has 3 aromatic rings. The SMILES string of the molecule is CCOCCOc1c(OC)cccc1-c1nn(-c2ccccc2)c(C(=O)OC)c1C(=O)OC. The van der Waals surface area contributed by atoms with Gasteiger partial charge in [0.25, 0.3) is 0 Å². The number of benzene rings is 2. The molecule has 0 aliphatic rings. The van der Waals surface area contributed by atoms with Gasteiger partial charge in [0.1, 0.15) is 17.9 Å². The molecule has 9 heteroatoms. The Labute approximate surface area is 191 Å². The van der Waals surface area contributed by atoms with Crippen LogP contribution in [0.4, 0.5) is 0 Å². The summed E-state index contributed by atoms with van der Waals surface area (Å²) < 4.78 is 28.1. The van der Waals surface area contributed by atoms with Crippen molar-refractivity contribution in [3.63, 3.8) is 0 Å². The van der Waals surface area contributed by atoms with Gasteiger partial charge in [-0.3, -0.25) is 0 Å². The summed E-state index contributed by atoms with van der Waals surface area (Å²) >= 11 is 0. The van der Waals surface area contributed by atoms with Crippen LogP contribution >= 0.6 is 0 Å². The van der Waals surface area contributed by atoms with Gasteiger partial charge in [0.2, 0.25) is 0 Å². The second-order valence-electron chi connectivity index (χ2n) is 6.69. The minimum Gasteiger partial charge on any atom is -0.493 e. The van der Waals surface area contributed by atoms with Gasteiger partial charge in [0.05, 0.1) is 33.6 Å². The highest BCUT2D eigenvalue weighted by Crippen LogP contribution is 2.40. The molecule has 0 saturated carbocycles. The number of hydrogen-bond acceptors (Lipinski definition) is 8. The summed E-state index contributed by atoms with van der Waals surface area (Å²) in [7, 11) is 3.98. The summed E-state index contributed by atoms with van der Waals surface area (Å²) in [6.45, 7) is 3.06. The number of aromatic nitrogens is 2. The molecule has 0 unspecified atom stereocenters. The van der Waals surface area contributed by atoms with E-state index in [1.165, 1.54) is 26.0 Å². The van der Waals surface area contributed by atoms with Crippen LogP contribution in [0.15, 0.2) is 48.5 Å². The topological polar surface area (TPSA) is 98.1 Å². The molecule has 3 rings (SSSR count). The summed E-state index contributed by atoms with van der Waals surface area (Å²) in [6, 6.07) is 14.1. The minimum absolute atomic E-state index is 0.0453. The van der Waals surface area contributed by atoms with Gasteiger partial charge in [-0.1, -0.05) is 24.3 Å². The lowest BCUT2D eigenvalue weighted by Crippen LogP contribution is -2.15. The summed E-state index contributed by atoms with van der Waals surface area (Å²) in [5, 5.41) is 4.62. The molecular weight excluding hydrogens is 428 g/mol. The summed E-state index contributed by atoms with van der Waals surface area (Å²) in [5.41, 5.74) is 1.10. The molecule has 0 amide bonds. The Hall–Kier alpha value is -3.85. The predicted molar refractivity (Wildman–Crippen MR) is 120 cm³/mol. The fraction of sp³-hybridized carbons (Fsp3) is 0.292. The summed E-state index contributed by atoms with van der Waals surface area (Å²) in [5.74, 6) is -0.678. The maximum atomic E-state index is 12.9. The predicted octanol–water partition coefficient (Wildman–Crippen LogP) is 3.54. The Morgan fingerprint density at radius 1 is 0.909 bits per heavy atom. The van der Waals surface area contributed by atoms with E-state index in [-0.39, 0.29) is 23.6 Å². The van der Waals surface area contributed by atoms with Gasteiger partial charge < -0.3 is 23.7 Å². The average Bonchev–Trinajstić information content (AvgIpc) is 3.26. The van der Waals surface area contributed by atoms with E-state index in [1.54, 1.807) is 42.5 Å². The van der Waals surface area contributed by atoms with Gasteiger partial charge in [-0.15, -0.1) is 0 Å². The number of carbonyl (C=O) groups excluding carboxylic acids is 2. The molecule has 0 radical (unpaired) electrons. The van der Waals surface area contributed by atoms with Crippen molar-refractivity contribution in [1.82, 2.24) is 9.78 Å². The molecular formula is C24H26N2O7. The Balaban J connectivity index is 2.28. The highest BCUT2D eigenvalue weighted by Gasteiger charge is 2.33. The van der Waals surface area contributed by atoms with Gasteiger partial charge in [-0.05, 0) is 31.2 Å². The molecule has 0 aliphatic carbocycles. The van der Waals surface area contributed by atoms with Crippen LogP contribution in [-0.4, -0.2) is 62.9 Å². The van der Waals surface area contributed by atoms with Crippen LogP contribution in [0.25, 0.3) is 16.9 Å². The molecule has 2 aromatic carbocycles. The summed E-state index contributed by atoms with van der Waals surface area (Å²) in [4.78, 5) is 25.7. The largest absolute Gasteiger partial charge is 0.493 e. The highest BCUT2D eigenvalue weighted by molar-refractivity contribution is 6.07. The fourth-order valence-corrected chi connectivity index (χ4v) is 3.30. The van der Waals surface area contributed by atoms with Gasteiger partial charge in [0.15, 0.2) is 17.2 Å². The zero-order valence-corrected chi connectivity index (χ0v) is 19.0. The minimum atomic E-state index is -0.740. The van der Waals surface area contributed by atoms with E-state index in [9.17, 15) is 9.59 Å². The first kappa shape index (κ1) is 23.8. The van der Waals surface area contributed by atoms with Crippen LogP contribution in [0.2, 0.25) is 0 Å². The maximum absolute atomic E-state index is 12.9. The number of para-hydroxylation sites is 2. The van der Waals surface area contributed by atoms with E-state index >= 15 is 0 Å². The molecule has 174 valence electrons. The summed E-state index contributed by atoms with van der Waals surface area (Å²) in [6.07, 6.45) is 0. The maximum Gasteiger partial charge on any atom is 0.357 e. The lowest BCUT2D eigenvalue weighted by atomic mass is 10.0. The van der Waals surface area contributed by atoms with Crippen molar-refractivity contribution in [2.24, 2.45) is 0 Å². The number of methoxy groups -OCH3 is 3. The van der Waals surface area contributed by atoms with Crippen molar-refractivity contribution in [2.45, 2.75) is 6.92 Å². The van der Waals surface area contributed by atoms with Gasteiger partial charge in [-0.2, -0.15) is 5.10 Å². The Kier molecular flexibility index (Phi) is 8.04. The van der Waals surface area contributed by atoms with Crippen LogP contribution in [0.5, 0.6) is 11.5 Å². The van der Waals surface area contributed by atoms with Gasteiger partial charge >= 0.3 is 11.9 Å². The third-order valence-corrected chi connectivity index (χ3v) is 4.79. The lowest BCUT2D eigenvalue weighted by Gasteiger charge is -2.14. The van der Waals surface area contributed by atoms with Gasteiger partial charge in [-0.25, -0.2) is 14.3 Å². The van der Waals surface area contributed by atoms with E-state index < -0.39 is 11.9 Å². The molecule has 0 atom stereocenters. The van der Waals surface area contributed by atoms with Crippen LogP contribution in [0.3, 0.4) is 0 Å². The standard InChI is InChI=1S/C24H26N2O7/c1-5-32-14-15-33-22-17(12-9-13-18(22)29-2)20-19(23(27)30-3)21(24(28)31-4)26(25-20)16-10-7-6-8-11-16/h6-13H,5,14-15H2,1-4H3. The second kappa shape index (κ2) is 11.1. The molecule has 0 spiro atoms. The van der Waals surface area contributed by atoms with Crippen molar-refractivity contribution in [2.75, 3.05) is 41.2 Å². The number of carbonyl (C=O) groups is 2. The van der Waals surface area contributed by atoms with Crippen LogP contribution in [-0.2, 0) is 14.2 Å². The van der Waals surface area contributed by atoms with Crippen molar-refractivity contribution in [1.29, 1.82) is 0 Å². The molecule has 1 heterocycles. The van der Waals surface area contributed by atoms with E-state index in [0.29, 0.717) is 36.0 Å². The average molecular weight is 454 g/mol. The Bertz CT molecular complexity index is 1110. The van der Waals surface area contributed by atoms with E-state index in [0.717, 1.165) is 0 Å². The monoisotopic (exact) mass is 454 g/mol. The van der Waals surface area contributed by atoms with Crippen LogP contribution in [0, 0.1) is 0 Å². The molecule has 9 nitrogen and oxygen atoms in total. The van der Waals surface area contributed by atoms with Crippen molar-refractivity contribution in [3.8, 4) is 28.4 Å². The van der Waals surface area contributed by atoms with E-state index in [4.69, 9.17) is 23.7 Å². The van der Waals surface area contributed by atoms with Crippen molar-refractivity contribution in [3.05, 3.63) is 59.8 Å². The smallest absolute Gasteiger partial charge is 0.357 e. The molecule has 0 aliphatic heterocycles. The zero-order chi connectivity index (χ0) is 23.8. The molecule has 1 aromatic heterocycles. The highest BCUT2D eigenvalue weighted by atomic mass is 16.5. The first-order chi connectivity index (χ1) is 16.1. The number of esters is 2. The van der Waals surface area contributed by atoms with Crippen molar-refractivity contribution >= 4 is 11.9 Å². The third-order valence-electron chi connectivity index (χ3n) is 4.79. The number of ether oxygens (including phenoxy) is 5. The van der Waals surface area contributed by atoms with Crippen molar-refractivity contribution < 1.29 is 33.3 Å². The molecule has 33 heavy (non-hydrogen) atoms. The molecule has 0 bridgehead atoms. The number of rotatable bonds is 10. The van der Waals surface area contributed by atoms with E-state index in [2.05, 4.69) is 5.10 Å². The first-order valence-corrected chi connectivity index (χ1v) is 10.3. The zero-order valence-electron chi connectivity index (χ0n) is 19.0. The van der Waals surface area contributed by atoms with Gasteiger partial charge in [0, 0.05) is 12.2 Å². The van der Waals surface area contributed by atoms with Crippen LogP contribution < -0.4 is 9.47 Å². The fourth-order valence-electron chi connectivity index (χ4n) is 3.30. The molecule has 0 N–H and O–H groups in total. The number of hydrogen-bond donors (Lipinski definition) is 0. The first-order valence-electron chi connectivity index (χ1n) is 10.3. The Morgan fingerprint density at radius 2 is 1.64 bits per heavy atom. The number of nitrogens with zero attached hydrogens (tertiary/aromatic N) is 2.